The van der Waals surface area contributed by atoms with Crippen molar-refractivity contribution in [3.8, 4) is 0 Å². The van der Waals surface area contributed by atoms with Crippen molar-refractivity contribution in [3.05, 3.63) is 47.5 Å². The van der Waals surface area contributed by atoms with Crippen LogP contribution in [0.1, 0.15) is 18.1 Å². The van der Waals surface area contributed by atoms with E-state index >= 15 is 0 Å². The topological polar surface area (TPSA) is 41.1 Å². The first-order valence-corrected chi connectivity index (χ1v) is 5.89. The Morgan fingerprint density at radius 1 is 1.47 bits per heavy atom. The van der Waals surface area contributed by atoms with Gasteiger partial charge in [0.15, 0.2) is 0 Å². The Kier molecular flexibility index (Phi) is 3.59. The van der Waals surface area contributed by atoms with E-state index in [9.17, 15) is 4.79 Å². The highest BCUT2D eigenvalue weighted by molar-refractivity contribution is 5.82. The third kappa shape index (κ3) is 2.94. The summed E-state index contributed by atoms with van der Waals surface area (Å²) in [5, 5.41) is 6.14. The molecule has 3 nitrogen and oxygen atoms in total. The Morgan fingerprint density at radius 3 is 2.88 bits per heavy atom. The monoisotopic (exact) mass is 230 g/mol. The standard InChI is InChI=1S/C14H18N2O/c1-10(2)8-16-14(17)13-7-11-5-3-4-6-12(11)9-15-13/h3-6,13,15H,1,7-9H2,2H3,(H,16,17)/t13-/m0/s1. The number of nitrogens with one attached hydrogen (secondary N) is 2. The lowest BCUT2D eigenvalue weighted by Crippen LogP contribution is -2.47. The molecule has 1 aromatic carbocycles. The quantitative estimate of drug-likeness (QED) is 0.771. The Labute approximate surface area is 102 Å². The predicted molar refractivity (Wildman–Crippen MR) is 68.6 cm³/mol. The van der Waals surface area contributed by atoms with E-state index < -0.39 is 0 Å². The third-order valence-corrected chi connectivity index (χ3v) is 2.96. The normalized spacial score (nSPS) is 18.3. The van der Waals surface area contributed by atoms with Gasteiger partial charge in [0, 0.05) is 13.1 Å². The highest BCUT2D eigenvalue weighted by Crippen LogP contribution is 2.16. The number of amides is 1. The molecule has 3 heteroatoms. The Hall–Kier alpha value is -1.61. The summed E-state index contributed by atoms with van der Waals surface area (Å²) in [6.07, 6.45) is 0.762. The molecule has 90 valence electrons. The van der Waals surface area contributed by atoms with Crippen molar-refractivity contribution >= 4 is 5.91 Å². The summed E-state index contributed by atoms with van der Waals surface area (Å²) in [7, 11) is 0. The van der Waals surface area contributed by atoms with E-state index in [4.69, 9.17) is 0 Å². The average molecular weight is 230 g/mol. The van der Waals surface area contributed by atoms with Crippen molar-refractivity contribution in [1.29, 1.82) is 0 Å². The number of benzene rings is 1. The molecule has 1 aliphatic rings. The maximum absolute atomic E-state index is 11.9. The van der Waals surface area contributed by atoms with Gasteiger partial charge >= 0.3 is 0 Å². The van der Waals surface area contributed by atoms with E-state index in [1.54, 1.807) is 0 Å². The van der Waals surface area contributed by atoms with Crippen LogP contribution >= 0.6 is 0 Å². The van der Waals surface area contributed by atoms with Crippen molar-refractivity contribution in [2.24, 2.45) is 0 Å². The summed E-state index contributed by atoms with van der Waals surface area (Å²) in [5.41, 5.74) is 3.52. The molecular formula is C14H18N2O. The van der Waals surface area contributed by atoms with Crippen LogP contribution < -0.4 is 10.6 Å². The minimum absolute atomic E-state index is 0.0579. The highest BCUT2D eigenvalue weighted by Gasteiger charge is 2.23. The second-order valence-electron chi connectivity index (χ2n) is 4.58. The van der Waals surface area contributed by atoms with Gasteiger partial charge in [-0.2, -0.15) is 0 Å². The summed E-state index contributed by atoms with van der Waals surface area (Å²) in [5.74, 6) is 0.0579. The van der Waals surface area contributed by atoms with Crippen LogP contribution in [-0.4, -0.2) is 18.5 Å². The van der Waals surface area contributed by atoms with Gasteiger partial charge in [-0.05, 0) is 24.5 Å². The van der Waals surface area contributed by atoms with Gasteiger partial charge in [-0.3, -0.25) is 4.79 Å². The predicted octanol–water partition coefficient (Wildman–Crippen LogP) is 1.39. The van der Waals surface area contributed by atoms with Crippen LogP contribution in [-0.2, 0) is 17.8 Å². The molecule has 2 N–H and O–H groups in total. The molecule has 0 aliphatic carbocycles. The molecule has 0 spiro atoms. The maximum atomic E-state index is 11.9. The summed E-state index contributed by atoms with van der Waals surface area (Å²) in [6.45, 7) is 7.00. The smallest absolute Gasteiger partial charge is 0.237 e. The molecule has 0 radical (unpaired) electrons. The number of carbonyl (C=O) groups excluding carboxylic acids is 1. The molecule has 1 amide bonds. The molecule has 0 bridgehead atoms. The fraction of sp³-hybridized carbons (Fsp3) is 0.357. The first-order chi connectivity index (χ1) is 8.16. The van der Waals surface area contributed by atoms with Crippen molar-refractivity contribution in [3.63, 3.8) is 0 Å². The van der Waals surface area contributed by atoms with E-state index in [-0.39, 0.29) is 11.9 Å². The molecular weight excluding hydrogens is 212 g/mol. The molecule has 0 saturated heterocycles. The lowest BCUT2D eigenvalue weighted by molar-refractivity contribution is -0.123. The van der Waals surface area contributed by atoms with Gasteiger partial charge in [0.25, 0.3) is 0 Å². The average Bonchev–Trinajstić information content (AvgIpc) is 2.35. The minimum atomic E-state index is -0.121. The largest absolute Gasteiger partial charge is 0.351 e. The minimum Gasteiger partial charge on any atom is -0.351 e. The van der Waals surface area contributed by atoms with Gasteiger partial charge in [-0.1, -0.05) is 36.4 Å². The van der Waals surface area contributed by atoms with Gasteiger partial charge in [0.1, 0.15) is 0 Å². The number of carbonyl (C=O) groups is 1. The van der Waals surface area contributed by atoms with Gasteiger partial charge in [-0.15, -0.1) is 0 Å². The fourth-order valence-corrected chi connectivity index (χ4v) is 2.00. The van der Waals surface area contributed by atoms with Crippen LogP contribution in [0.4, 0.5) is 0 Å². The van der Waals surface area contributed by atoms with Crippen LogP contribution in [0, 0.1) is 0 Å². The van der Waals surface area contributed by atoms with E-state index in [0.717, 1.165) is 18.5 Å². The first-order valence-electron chi connectivity index (χ1n) is 5.89. The van der Waals surface area contributed by atoms with Crippen molar-refractivity contribution in [2.75, 3.05) is 6.54 Å². The first kappa shape index (κ1) is 11.9. The molecule has 0 saturated carbocycles. The van der Waals surface area contributed by atoms with Crippen LogP contribution in [0.25, 0.3) is 0 Å². The van der Waals surface area contributed by atoms with Crippen LogP contribution in [0.5, 0.6) is 0 Å². The zero-order valence-electron chi connectivity index (χ0n) is 10.1. The van der Waals surface area contributed by atoms with Gasteiger partial charge in [0.05, 0.1) is 6.04 Å². The van der Waals surface area contributed by atoms with E-state index in [1.807, 2.05) is 19.1 Å². The van der Waals surface area contributed by atoms with Crippen LogP contribution in [0.2, 0.25) is 0 Å². The zero-order chi connectivity index (χ0) is 12.3. The summed E-state index contributed by atoms with van der Waals surface area (Å²) in [6, 6.07) is 8.12. The Morgan fingerprint density at radius 2 is 2.18 bits per heavy atom. The highest BCUT2D eigenvalue weighted by atomic mass is 16.2. The molecule has 0 unspecified atom stereocenters. The molecule has 0 fully saturated rings. The number of rotatable bonds is 3. The number of hydrogen-bond donors (Lipinski definition) is 2. The summed E-state index contributed by atoms with van der Waals surface area (Å²) in [4.78, 5) is 11.9. The molecule has 0 aromatic heterocycles. The van der Waals surface area contributed by atoms with Crippen molar-refractivity contribution in [1.82, 2.24) is 10.6 Å². The molecule has 17 heavy (non-hydrogen) atoms. The molecule has 1 heterocycles. The maximum Gasteiger partial charge on any atom is 0.237 e. The van der Waals surface area contributed by atoms with E-state index in [2.05, 4.69) is 29.3 Å². The van der Waals surface area contributed by atoms with Gasteiger partial charge < -0.3 is 10.6 Å². The van der Waals surface area contributed by atoms with Crippen LogP contribution in [0.15, 0.2) is 36.4 Å². The summed E-state index contributed by atoms with van der Waals surface area (Å²) >= 11 is 0. The Bertz CT molecular complexity index is 440. The van der Waals surface area contributed by atoms with Gasteiger partial charge in [0.2, 0.25) is 5.91 Å². The number of fused-ring (bicyclic) bond motifs is 1. The molecule has 2 rings (SSSR count). The second kappa shape index (κ2) is 5.15. The molecule has 1 atom stereocenters. The van der Waals surface area contributed by atoms with E-state index in [0.29, 0.717) is 6.54 Å². The van der Waals surface area contributed by atoms with E-state index in [1.165, 1.54) is 11.1 Å². The lowest BCUT2D eigenvalue weighted by Gasteiger charge is -2.25. The zero-order valence-corrected chi connectivity index (χ0v) is 10.1. The fourth-order valence-electron chi connectivity index (χ4n) is 2.00. The molecule has 1 aromatic rings. The van der Waals surface area contributed by atoms with Crippen LogP contribution in [0.3, 0.4) is 0 Å². The van der Waals surface area contributed by atoms with Gasteiger partial charge in [-0.25, -0.2) is 0 Å². The lowest BCUT2D eigenvalue weighted by atomic mass is 9.95. The SMILES string of the molecule is C=C(C)CNC(=O)[C@@H]1Cc2ccccc2CN1. The molecule has 1 aliphatic heterocycles. The van der Waals surface area contributed by atoms with Crippen molar-refractivity contribution in [2.45, 2.75) is 25.9 Å². The second-order valence-corrected chi connectivity index (χ2v) is 4.58. The Balaban J connectivity index is 1.97. The number of hydrogen-bond acceptors (Lipinski definition) is 2. The third-order valence-electron chi connectivity index (χ3n) is 2.96. The van der Waals surface area contributed by atoms with Crippen molar-refractivity contribution < 1.29 is 4.79 Å². The summed E-state index contributed by atoms with van der Waals surface area (Å²) < 4.78 is 0.